The topological polar surface area (TPSA) is 61.8 Å². The molecule has 0 heterocycles. The van der Waals surface area contributed by atoms with E-state index in [9.17, 15) is 9.59 Å². The van der Waals surface area contributed by atoms with Gasteiger partial charge in [-0.1, -0.05) is 69.6 Å². The summed E-state index contributed by atoms with van der Waals surface area (Å²) in [5.41, 5.74) is 0. The first-order valence-corrected chi connectivity index (χ1v) is 7.84. The van der Waals surface area contributed by atoms with E-state index < -0.39 is 31.7 Å². The van der Waals surface area contributed by atoms with Crippen molar-refractivity contribution in [2.75, 3.05) is 13.2 Å². The van der Waals surface area contributed by atoms with Crippen molar-refractivity contribution in [3.63, 3.8) is 0 Å². The fourth-order valence-corrected chi connectivity index (χ4v) is 1.95. The van der Waals surface area contributed by atoms with Crippen molar-refractivity contribution in [1.82, 2.24) is 0 Å². The third-order valence-corrected chi connectivity index (χ3v) is 3.06. The zero-order valence-electron chi connectivity index (χ0n) is 10.9. The van der Waals surface area contributed by atoms with Crippen LogP contribution in [0.3, 0.4) is 0 Å². The first-order valence-electron chi connectivity index (χ1n) is 5.57. The molecule has 0 aromatic rings. The summed E-state index contributed by atoms with van der Waals surface area (Å²) in [5.74, 6) is -2.05. The minimum absolute atomic E-state index is 0.00270. The molecule has 21 heavy (non-hydrogen) atoms. The lowest BCUT2D eigenvalue weighted by atomic mass is 10.3. The number of hydrogen-bond acceptors (Lipinski definition) is 5. The van der Waals surface area contributed by atoms with Gasteiger partial charge in [-0.15, -0.1) is 0 Å². The maximum Gasteiger partial charge on any atom is 0.339 e. The molecule has 0 spiro atoms. The maximum atomic E-state index is 11.8. The first-order chi connectivity index (χ1) is 9.45. The lowest BCUT2D eigenvalue weighted by Crippen LogP contribution is -2.48. The highest BCUT2D eigenvalue weighted by Gasteiger charge is 2.49. The molecule has 0 bridgehead atoms. The number of halogens is 6. The van der Waals surface area contributed by atoms with Crippen molar-refractivity contribution in [1.29, 1.82) is 0 Å². The van der Waals surface area contributed by atoms with Gasteiger partial charge in [0.2, 0.25) is 19.8 Å². The molecule has 0 aromatic heterocycles. The van der Waals surface area contributed by atoms with Crippen molar-refractivity contribution < 1.29 is 23.8 Å². The van der Waals surface area contributed by atoms with Gasteiger partial charge in [-0.3, -0.25) is 0 Å². The highest BCUT2D eigenvalue weighted by atomic mass is 35.6. The van der Waals surface area contributed by atoms with E-state index in [4.69, 9.17) is 74.3 Å². The van der Waals surface area contributed by atoms with Gasteiger partial charge in [0, 0.05) is 0 Å². The Balaban J connectivity index is 5.32. The standard InChI is InChI=1S/C10H12Cl6O5/c1-3-19-7(17)5(9(11,12)13)21-6(10(14,15)16)8(18)20-4-2/h5-6H,3-4H2,1-2H3/t5-,6-/m0/s1. The SMILES string of the molecule is CCOC(=O)[C@H](O[C@@H](C(=O)OCC)C(Cl)(Cl)Cl)C(Cl)(Cl)Cl. The molecule has 0 unspecified atom stereocenters. The summed E-state index contributed by atoms with van der Waals surface area (Å²) in [6.45, 7) is 3.06. The van der Waals surface area contributed by atoms with Crippen molar-refractivity contribution in [3.05, 3.63) is 0 Å². The highest BCUT2D eigenvalue weighted by Crippen LogP contribution is 2.39. The van der Waals surface area contributed by atoms with Crippen LogP contribution in [0.4, 0.5) is 0 Å². The van der Waals surface area contributed by atoms with Crippen molar-refractivity contribution in [3.8, 4) is 0 Å². The van der Waals surface area contributed by atoms with E-state index in [-0.39, 0.29) is 13.2 Å². The molecule has 124 valence electrons. The molecule has 0 rings (SSSR count). The van der Waals surface area contributed by atoms with Gasteiger partial charge in [0.15, 0.2) is 0 Å². The number of alkyl halides is 6. The van der Waals surface area contributed by atoms with E-state index in [1.165, 1.54) is 13.8 Å². The van der Waals surface area contributed by atoms with Crippen LogP contribution in [0.2, 0.25) is 0 Å². The Kier molecular flexibility index (Phi) is 9.34. The smallest absolute Gasteiger partial charge is 0.339 e. The minimum Gasteiger partial charge on any atom is -0.464 e. The second-order valence-corrected chi connectivity index (χ2v) is 8.22. The molecule has 0 aliphatic heterocycles. The van der Waals surface area contributed by atoms with Crippen molar-refractivity contribution >= 4 is 81.5 Å². The second-order valence-electron chi connectivity index (χ2n) is 3.48. The largest absolute Gasteiger partial charge is 0.464 e. The fraction of sp³-hybridized carbons (Fsp3) is 0.800. The maximum absolute atomic E-state index is 11.8. The molecule has 0 aliphatic carbocycles. The Hall–Kier alpha value is 0.640. The van der Waals surface area contributed by atoms with E-state index in [0.717, 1.165) is 0 Å². The molecule has 0 aromatic carbocycles. The average molecular weight is 425 g/mol. The predicted octanol–water partition coefficient (Wildman–Crippen LogP) is 3.61. The number of esters is 2. The van der Waals surface area contributed by atoms with Gasteiger partial charge < -0.3 is 14.2 Å². The minimum atomic E-state index is -2.24. The lowest BCUT2D eigenvalue weighted by Gasteiger charge is -2.29. The van der Waals surface area contributed by atoms with Crippen LogP contribution in [0.25, 0.3) is 0 Å². The predicted molar refractivity (Wildman–Crippen MR) is 82.5 cm³/mol. The Bertz CT molecular complexity index is 330. The molecule has 0 N–H and O–H groups in total. The summed E-state index contributed by atoms with van der Waals surface area (Å²) in [7, 11) is 0. The van der Waals surface area contributed by atoms with Crippen LogP contribution in [-0.2, 0) is 23.8 Å². The molecule has 0 fully saturated rings. The van der Waals surface area contributed by atoms with Crippen LogP contribution in [-0.4, -0.2) is 44.9 Å². The summed E-state index contributed by atoms with van der Waals surface area (Å²) in [6.07, 6.45) is -3.57. The van der Waals surface area contributed by atoms with Crippen LogP contribution < -0.4 is 0 Å². The summed E-state index contributed by atoms with van der Waals surface area (Å²) in [4.78, 5) is 23.5. The molecular weight excluding hydrogens is 413 g/mol. The van der Waals surface area contributed by atoms with E-state index in [0.29, 0.717) is 0 Å². The van der Waals surface area contributed by atoms with E-state index in [1.54, 1.807) is 0 Å². The molecule has 11 heteroatoms. The van der Waals surface area contributed by atoms with Gasteiger partial charge in [0.05, 0.1) is 13.2 Å². The molecular formula is C10H12Cl6O5. The van der Waals surface area contributed by atoms with Gasteiger partial charge in [-0.25, -0.2) is 9.59 Å². The van der Waals surface area contributed by atoms with Gasteiger partial charge in [0.25, 0.3) is 0 Å². The normalized spacial score (nSPS) is 15.2. The molecule has 0 saturated heterocycles. The molecule has 2 atom stereocenters. The van der Waals surface area contributed by atoms with Gasteiger partial charge in [-0.2, -0.15) is 0 Å². The molecule has 0 saturated carbocycles. The zero-order valence-corrected chi connectivity index (χ0v) is 15.4. The lowest BCUT2D eigenvalue weighted by molar-refractivity contribution is -0.171. The number of rotatable bonds is 6. The van der Waals surface area contributed by atoms with Crippen LogP contribution >= 0.6 is 69.6 Å². The van der Waals surface area contributed by atoms with Gasteiger partial charge in [0.1, 0.15) is 0 Å². The Labute approximate surface area is 152 Å². The Morgan fingerprint density at radius 1 is 0.810 bits per heavy atom. The summed E-state index contributed by atoms with van der Waals surface area (Å²) < 4.78 is 9.95. The van der Waals surface area contributed by atoms with Crippen LogP contribution in [0, 0.1) is 0 Å². The molecule has 0 aliphatic rings. The second kappa shape index (κ2) is 9.06. The number of hydrogen-bond donors (Lipinski definition) is 0. The summed E-state index contributed by atoms with van der Waals surface area (Å²) in [5, 5.41) is 0. The molecule has 0 radical (unpaired) electrons. The van der Waals surface area contributed by atoms with Crippen molar-refractivity contribution in [2.24, 2.45) is 0 Å². The van der Waals surface area contributed by atoms with Gasteiger partial charge >= 0.3 is 11.9 Å². The quantitative estimate of drug-likeness (QED) is 0.481. The average Bonchev–Trinajstić information content (AvgIpc) is 2.26. The Morgan fingerprint density at radius 3 is 1.29 bits per heavy atom. The fourth-order valence-electron chi connectivity index (χ4n) is 1.10. The third-order valence-electron chi connectivity index (χ3n) is 1.87. The van der Waals surface area contributed by atoms with E-state index in [1.807, 2.05) is 0 Å². The number of carbonyl (C=O) groups is 2. The Morgan fingerprint density at radius 2 is 1.10 bits per heavy atom. The molecule has 0 amide bonds. The molecule has 5 nitrogen and oxygen atoms in total. The van der Waals surface area contributed by atoms with Crippen molar-refractivity contribution in [2.45, 2.75) is 33.6 Å². The zero-order chi connectivity index (χ0) is 16.8. The monoisotopic (exact) mass is 422 g/mol. The highest BCUT2D eigenvalue weighted by molar-refractivity contribution is 6.69. The van der Waals surface area contributed by atoms with Crippen LogP contribution in [0.5, 0.6) is 0 Å². The number of carbonyl (C=O) groups excluding carboxylic acids is 2. The first kappa shape index (κ1) is 21.6. The number of ether oxygens (including phenoxy) is 3. The third kappa shape index (κ3) is 7.64. The summed E-state index contributed by atoms with van der Waals surface area (Å²) >= 11 is 33.8. The van der Waals surface area contributed by atoms with Crippen LogP contribution in [0.15, 0.2) is 0 Å². The van der Waals surface area contributed by atoms with E-state index in [2.05, 4.69) is 9.47 Å². The summed E-state index contributed by atoms with van der Waals surface area (Å²) in [6, 6.07) is 0. The van der Waals surface area contributed by atoms with Crippen LogP contribution in [0.1, 0.15) is 13.8 Å². The van der Waals surface area contributed by atoms with E-state index >= 15 is 0 Å². The van der Waals surface area contributed by atoms with Gasteiger partial charge in [-0.05, 0) is 13.8 Å².